The Kier molecular flexibility index (Phi) is 4.36. The summed E-state index contributed by atoms with van der Waals surface area (Å²) in [5.41, 5.74) is 3.67. The molecule has 100 valence electrons. The van der Waals surface area contributed by atoms with Gasteiger partial charge in [0.25, 0.3) is 0 Å². The number of nitrogen functional groups attached to an aromatic ring is 1. The van der Waals surface area contributed by atoms with E-state index in [-0.39, 0.29) is 0 Å². The molecule has 5 heteroatoms. The number of hydrazine groups is 1. The summed E-state index contributed by atoms with van der Waals surface area (Å²) in [6.45, 7) is 4.13. The molecular weight excluding hydrogens is 226 g/mol. The van der Waals surface area contributed by atoms with E-state index in [0.29, 0.717) is 6.04 Å². The van der Waals surface area contributed by atoms with Gasteiger partial charge in [-0.15, -0.1) is 0 Å². The number of hydrogen-bond acceptors (Lipinski definition) is 5. The van der Waals surface area contributed by atoms with Gasteiger partial charge in [0.2, 0.25) is 0 Å². The van der Waals surface area contributed by atoms with Crippen molar-refractivity contribution in [2.75, 3.05) is 10.7 Å². The van der Waals surface area contributed by atoms with Crippen molar-refractivity contribution in [3.8, 4) is 0 Å². The van der Waals surface area contributed by atoms with Gasteiger partial charge in [0.05, 0.1) is 0 Å². The molecule has 1 fully saturated rings. The van der Waals surface area contributed by atoms with Crippen LogP contribution < -0.4 is 16.6 Å². The Bertz CT molecular complexity index is 399. The SMILES string of the molecule is CCCc1nc(NN)c(C)c(NC2CCCC2)n1. The van der Waals surface area contributed by atoms with Crippen LogP contribution in [0.4, 0.5) is 11.6 Å². The van der Waals surface area contributed by atoms with Gasteiger partial charge in [0, 0.05) is 18.0 Å². The van der Waals surface area contributed by atoms with E-state index in [0.717, 1.165) is 35.9 Å². The molecule has 0 bridgehead atoms. The van der Waals surface area contributed by atoms with Crippen LogP contribution in [0.5, 0.6) is 0 Å². The third-order valence-corrected chi connectivity index (χ3v) is 3.50. The molecule has 1 saturated carbocycles. The molecule has 0 amide bonds. The lowest BCUT2D eigenvalue weighted by atomic mass is 10.2. The normalized spacial score (nSPS) is 15.9. The maximum Gasteiger partial charge on any atom is 0.148 e. The van der Waals surface area contributed by atoms with Crippen molar-refractivity contribution in [2.24, 2.45) is 5.84 Å². The van der Waals surface area contributed by atoms with Crippen LogP contribution in [-0.2, 0) is 6.42 Å². The van der Waals surface area contributed by atoms with E-state index >= 15 is 0 Å². The summed E-state index contributed by atoms with van der Waals surface area (Å²) in [5, 5.41) is 3.54. The standard InChI is InChI=1S/C13H23N5/c1-3-6-11-16-12(9(2)13(17-11)18-14)15-10-7-4-5-8-10/h10H,3-8,14H2,1-2H3,(H2,15,16,17,18). The van der Waals surface area contributed by atoms with E-state index < -0.39 is 0 Å². The summed E-state index contributed by atoms with van der Waals surface area (Å²) < 4.78 is 0. The largest absolute Gasteiger partial charge is 0.367 e. The molecule has 18 heavy (non-hydrogen) atoms. The summed E-state index contributed by atoms with van der Waals surface area (Å²) in [5.74, 6) is 8.05. The van der Waals surface area contributed by atoms with E-state index in [2.05, 4.69) is 27.6 Å². The van der Waals surface area contributed by atoms with Gasteiger partial charge < -0.3 is 10.7 Å². The third kappa shape index (κ3) is 2.90. The smallest absolute Gasteiger partial charge is 0.148 e. The number of hydrogen-bond donors (Lipinski definition) is 3. The van der Waals surface area contributed by atoms with Crippen molar-refractivity contribution in [1.82, 2.24) is 9.97 Å². The minimum atomic E-state index is 0.554. The first-order valence-corrected chi connectivity index (χ1v) is 6.85. The minimum Gasteiger partial charge on any atom is -0.367 e. The molecule has 1 aliphatic carbocycles. The summed E-state index contributed by atoms with van der Waals surface area (Å²) in [6, 6.07) is 0.554. The molecule has 1 aromatic rings. The van der Waals surface area contributed by atoms with E-state index in [1.807, 2.05) is 6.92 Å². The molecule has 0 aromatic carbocycles. The molecule has 1 aliphatic rings. The lowest BCUT2D eigenvalue weighted by Crippen LogP contribution is -2.20. The summed E-state index contributed by atoms with van der Waals surface area (Å²) >= 11 is 0. The maximum atomic E-state index is 5.52. The maximum absolute atomic E-state index is 5.52. The van der Waals surface area contributed by atoms with Crippen LogP contribution in [0, 0.1) is 6.92 Å². The van der Waals surface area contributed by atoms with Crippen LogP contribution in [-0.4, -0.2) is 16.0 Å². The monoisotopic (exact) mass is 249 g/mol. The lowest BCUT2D eigenvalue weighted by molar-refractivity contribution is 0.742. The van der Waals surface area contributed by atoms with E-state index in [4.69, 9.17) is 5.84 Å². The van der Waals surface area contributed by atoms with Crippen molar-refractivity contribution in [3.05, 3.63) is 11.4 Å². The minimum absolute atomic E-state index is 0.554. The third-order valence-electron chi connectivity index (χ3n) is 3.50. The highest BCUT2D eigenvalue weighted by atomic mass is 15.3. The first kappa shape index (κ1) is 13.1. The number of rotatable bonds is 5. The van der Waals surface area contributed by atoms with Crippen molar-refractivity contribution in [2.45, 2.75) is 58.4 Å². The Morgan fingerprint density at radius 1 is 1.22 bits per heavy atom. The Balaban J connectivity index is 2.22. The van der Waals surface area contributed by atoms with Gasteiger partial charge in [-0.3, -0.25) is 0 Å². The second kappa shape index (κ2) is 6.00. The molecule has 1 heterocycles. The number of nitrogens with two attached hydrogens (primary N) is 1. The van der Waals surface area contributed by atoms with Crippen LogP contribution in [0.15, 0.2) is 0 Å². The second-order valence-corrected chi connectivity index (χ2v) is 4.98. The highest BCUT2D eigenvalue weighted by molar-refractivity contribution is 5.57. The zero-order valence-electron chi connectivity index (χ0n) is 11.3. The molecule has 1 aromatic heterocycles. The van der Waals surface area contributed by atoms with Crippen molar-refractivity contribution >= 4 is 11.6 Å². The van der Waals surface area contributed by atoms with E-state index in [1.54, 1.807) is 0 Å². The van der Waals surface area contributed by atoms with Crippen LogP contribution in [0.2, 0.25) is 0 Å². The van der Waals surface area contributed by atoms with Crippen LogP contribution in [0.25, 0.3) is 0 Å². The average molecular weight is 249 g/mol. The first-order valence-electron chi connectivity index (χ1n) is 6.85. The van der Waals surface area contributed by atoms with Crippen molar-refractivity contribution in [1.29, 1.82) is 0 Å². The van der Waals surface area contributed by atoms with Gasteiger partial charge in [0.15, 0.2) is 0 Å². The summed E-state index contributed by atoms with van der Waals surface area (Å²) in [6.07, 6.45) is 7.01. The Morgan fingerprint density at radius 2 is 1.89 bits per heavy atom. The van der Waals surface area contributed by atoms with Gasteiger partial charge in [0.1, 0.15) is 17.5 Å². The first-order chi connectivity index (χ1) is 8.74. The molecule has 0 spiro atoms. The topological polar surface area (TPSA) is 75.9 Å². The molecule has 2 rings (SSSR count). The van der Waals surface area contributed by atoms with Gasteiger partial charge in [-0.25, -0.2) is 15.8 Å². The molecule has 5 nitrogen and oxygen atoms in total. The number of aryl methyl sites for hydroxylation is 1. The van der Waals surface area contributed by atoms with Gasteiger partial charge >= 0.3 is 0 Å². The van der Waals surface area contributed by atoms with E-state index in [1.165, 1.54) is 25.7 Å². The quantitative estimate of drug-likeness (QED) is 0.552. The summed E-state index contributed by atoms with van der Waals surface area (Å²) in [7, 11) is 0. The van der Waals surface area contributed by atoms with Crippen LogP contribution >= 0.6 is 0 Å². The van der Waals surface area contributed by atoms with Gasteiger partial charge in [-0.2, -0.15) is 0 Å². The predicted molar refractivity (Wildman–Crippen MR) is 74.5 cm³/mol. The number of anilines is 2. The fraction of sp³-hybridized carbons (Fsp3) is 0.692. The average Bonchev–Trinajstić information content (AvgIpc) is 2.86. The lowest BCUT2D eigenvalue weighted by Gasteiger charge is -2.17. The molecular formula is C13H23N5. The molecule has 0 radical (unpaired) electrons. The Morgan fingerprint density at radius 3 is 2.50 bits per heavy atom. The zero-order chi connectivity index (χ0) is 13.0. The number of nitrogens with zero attached hydrogens (tertiary/aromatic N) is 2. The fourth-order valence-electron chi connectivity index (χ4n) is 2.44. The van der Waals surface area contributed by atoms with Crippen LogP contribution in [0.3, 0.4) is 0 Å². The Labute approximate surface area is 109 Å². The van der Waals surface area contributed by atoms with E-state index in [9.17, 15) is 0 Å². The summed E-state index contributed by atoms with van der Waals surface area (Å²) in [4.78, 5) is 9.04. The number of aromatic nitrogens is 2. The zero-order valence-corrected chi connectivity index (χ0v) is 11.3. The highest BCUT2D eigenvalue weighted by Gasteiger charge is 2.17. The van der Waals surface area contributed by atoms with Gasteiger partial charge in [-0.1, -0.05) is 19.8 Å². The number of nitrogens with one attached hydrogen (secondary N) is 2. The van der Waals surface area contributed by atoms with Crippen molar-refractivity contribution in [3.63, 3.8) is 0 Å². The van der Waals surface area contributed by atoms with Crippen molar-refractivity contribution < 1.29 is 0 Å². The molecule has 0 aliphatic heterocycles. The molecule has 0 atom stereocenters. The Hall–Kier alpha value is -1.36. The molecule has 0 unspecified atom stereocenters. The van der Waals surface area contributed by atoms with Gasteiger partial charge in [-0.05, 0) is 26.2 Å². The fourth-order valence-corrected chi connectivity index (χ4v) is 2.44. The molecule has 4 N–H and O–H groups in total. The van der Waals surface area contributed by atoms with Crippen LogP contribution in [0.1, 0.15) is 50.4 Å². The second-order valence-electron chi connectivity index (χ2n) is 4.98. The highest BCUT2D eigenvalue weighted by Crippen LogP contribution is 2.25. The predicted octanol–water partition coefficient (Wildman–Crippen LogP) is 2.38. The molecule has 0 saturated heterocycles.